The van der Waals surface area contributed by atoms with Gasteiger partial charge in [0.15, 0.2) is 5.92 Å². The molecule has 2 rings (SSSR count). The largest absolute Gasteiger partial charge is 0.469 e. The van der Waals surface area contributed by atoms with Gasteiger partial charge in [0, 0.05) is 13.1 Å². The van der Waals surface area contributed by atoms with Crippen molar-refractivity contribution in [2.45, 2.75) is 6.54 Å². The number of hydrogen-bond donors (Lipinski definition) is 0. The lowest BCUT2D eigenvalue weighted by atomic mass is 9.96. The average molecular weight is 291 g/mol. The smallest absolute Gasteiger partial charge is 0.319 e. The summed E-state index contributed by atoms with van der Waals surface area (Å²) in [5.74, 6) is -3.62. The third kappa shape index (κ3) is 3.04. The monoisotopic (exact) mass is 291 g/mol. The van der Waals surface area contributed by atoms with E-state index < -0.39 is 29.7 Å². The SMILES string of the molecule is COC(=O)[C@@H]1C(=O)N(Cc2ccccc2)C[C@H]1C(=O)OC. The molecule has 1 aromatic carbocycles. The van der Waals surface area contributed by atoms with Crippen molar-refractivity contribution in [2.24, 2.45) is 11.8 Å². The van der Waals surface area contributed by atoms with Crippen molar-refractivity contribution < 1.29 is 23.9 Å². The molecule has 1 aliphatic rings. The molecule has 0 bridgehead atoms. The summed E-state index contributed by atoms with van der Waals surface area (Å²) in [7, 11) is 2.44. The summed E-state index contributed by atoms with van der Waals surface area (Å²) in [6.07, 6.45) is 0. The first-order valence-corrected chi connectivity index (χ1v) is 6.57. The number of esters is 2. The molecule has 1 fully saturated rings. The Balaban J connectivity index is 2.20. The molecule has 1 aromatic rings. The minimum Gasteiger partial charge on any atom is -0.469 e. The maximum absolute atomic E-state index is 12.4. The van der Waals surface area contributed by atoms with Crippen LogP contribution in [0, 0.1) is 11.8 Å². The molecule has 1 heterocycles. The van der Waals surface area contributed by atoms with Crippen LogP contribution in [-0.4, -0.2) is 43.5 Å². The van der Waals surface area contributed by atoms with Crippen LogP contribution in [-0.2, 0) is 30.4 Å². The summed E-state index contributed by atoms with van der Waals surface area (Å²) in [4.78, 5) is 37.4. The van der Waals surface area contributed by atoms with Crippen molar-refractivity contribution >= 4 is 17.8 Å². The maximum Gasteiger partial charge on any atom is 0.319 e. The van der Waals surface area contributed by atoms with Gasteiger partial charge in [-0.25, -0.2) is 0 Å². The zero-order valence-corrected chi connectivity index (χ0v) is 11.9. The molecule has 0 saturated carbocycles. The van der Waals surface area contributed by atoms with E-state index in [0.29, 0.717) is 6.54 Å². The van der Waals surface area contributed by atoms with Crippen molar-refractivity contribution in [2.75, 3.05) is 20.8 Å². The van der Waals surface area contributed by atoms with Crippen molar-refractivity contribution in [3.05, 3.63) is 35.9 Å². The van der Waals surface area contributed by atoms with Gasteiger partial charge in [0.25, 0.3) is 0 Å². The van der Waals surface area contributed by atoms with Crippen LogP contribution in [0.15, 0.2) is 30.3 Å². The van der Waals surface area contributed by atoms with E-state index >= 15 is 0 Å². The summed E-state index contributed by atoms with van der Waals surface area (Å²) in [6.45, 7) is 0.501. The van der Waals surface area contributed by atoms with E-state index in [9.17, 15) is 14.4 Å². The zero-order chi connectivity index (χ0) is 15.4. The highest BCUT2D eigenvalue weighted by atomic mass is 16.5. The molecule has 0 aromatic heterocycles. The van der Waals surface area contributed by atoms with E-state index in [1.54, 1.807) is 0 Å². The van der Waals surface area contributed by atoms with Crippen LogP contribution in [0.5, 0.6) is 0 Å². The summed E-state index contributed by atoms with van der Waals surface area (Å²) >= 11 is 0. The second-order valence-corrected chi connectivity index (χ2v) is 4.83. The summed E-state index contributed by atoms with van der Waals surface area (Å²) in [6, 6.07) is 9.37. The van der Waals surface area contributed by atoms with Gasteiger partial charge < -0.3 is 14.4 Å². The summed E-state index contributed by atoms with van der Waals surface area (Å²) in [5, 5.41) is 0. The minimum atomic E-state index is -1.12. The van der Waals surface area contributed by atoms with Gasteiger partial charge in [-0.1, -0.05) is 30.3 Å². The number of hydrogen-bond acceptors (Lipinski definition) is 5. The van der Waals surface area contributed by atoms with Crippen LogP contribution >= 0.6 is 0 Å². The molecule has 21 heavy (non-hydrogen) atoms. The standard InChI is InChI=1S/C15H17NO5/c1-20-14(18)11-9-16(8-10-6-4-3-5-7-10)13(17)12(11)15(19)21-2/h3-7,11-12H,8-9H2,1-2H3/t11-,12+/m1/s1. The Bertz CT molecular complexity index is 542. The average Bonchev–Trinajstić information content (AvgIpc) is 2.83. The molecule has 0 unspecified atom stereocenters. The Morgan fingerprint density at radius 3 is 2.33 bits per heavy atom. The van der Waals surface area contributed by atoms with Gasteiger partial charge in [-0.15, -0.1) is 0 Å². The third-order valence-corrected chi connectivity index (χ3v) is 3.57. The van der Waals surface area contributed by atoms with Crippen LogP contribution in [0.4, 0.5) is 0 Å². The number of nitrogens with zero attached hydrogens (tertiary/aromatic N) is 1. The van der Waals surface area contributed by atoms with Crippen LogP contribution in [0.3, 0.4) is 0 Å². The highest BCUT2D eigenvalue weighted by molar-refractivity contribution is 6.03. The van der Waals surface area contributed by atoms with Crippen LogP contribution in [0.25, 0.3) is 0 Å². The Morgan fingerprint density at radius 1 is 1.14 bits per heavy atom. The van der Waals surface area contributed by atoms with E-state index in [2.05, 4.69) is 9.47 Å². The molecule has 1 amide bonds. The number of likely N-dealkylation sites (tertiary alicyclic amines) is 1. The summed E-state index contributed by atoms with van der Waals surface area (Å²) < 4.78 is 9.31. The molecule has 0 N–H and O–H groups in total. The van der Waals surface area contributed by atoms with Crippen LogP contribution in [0.2, 0.25) is 0 Å². The molecular formula is C15H17NO5. The molecule has 0 spiro atoms. The Labute approximate surface area is 122 Å². The molecule has 0 aliphatic carbocycles. The number of methoxy groups -OCH3 is 2. The van der Waals surface area contributed by atoms with Gasteiger partial charge in [-0.2, -0.15) is 0 Å². The minimum absolute atomic E-state index is 0.153. The van der Waals surface area contributed by atoms with Crippen molar-refractivity contribution in [1.29, 1.82) is 0 Å². The van der Waals surface area contributed by atoms with Gasteiger partial charge >= 0.3 is 11.9 Å². The first-order valence-electron chi connectivity index (χ1n) is 6.57. The third-order valence-electron chi connectivity index (χ3n) is 3.57. The predicted molar refractivity (Wildman–Crippen MR) is 72.9 cm³/mol. The fraction of sp³-hybridized carbons (Fsp3) is 0.400. The lowest BCUT2D eigenvalue weighted by molar-refractivity contribution is -0.158. The van der Waals surface area contributed by atoms with Gasteiger partial charge in [0.2, 0.25) is 5.91 Å². The van der Waals surface area contributed by atoms with E-state index in [0.717, 1.165) is 5.56 Å². The van der Waals surface area contributed by atoms with Crippen LogP contribution < -0.4 is 0 Å². The van der Waals surface area contributed by atoms with Gasteiger partial charge in [0.1, 0.15) is 0 Å². The van der Waals surface area contributed by atoms with Crippen molar-refractivity contribution in [3.8, 4) is 0 Å². The highest BCUT2D eigenvalue weighted by Gasteiger charge is 2.49. The Kier molecular flexibility index (Phi) is 4.57. The molecule has 1 aliphatic heterocycles. The number of carbonyl (C=O) groups is 3. The second kappa shape index (κ2) is 6.39. The van der Waals surface area contributed by atoms with Gasteiger partial charge in [-0.05, 0) is 5.56 Å². The Hall–Kier alpha value is -2.37. The fourth-order valence-corrected chi connectivity index (χ4v) is 2.50. The summed E-state index contributed by atoms with van der Waals surface area (Å²) in [5.41, 5.74) is 0.931. The number of benzene rings is 1. The normalized spacial score (nSPS) is 21.2. The van der Waals surface area contributed by atoms with Crippen LogP contribution in [0.1, 0.15) is 5.56 Å². The molecule has 6 nitrogen and oxygen atoms in total. The molecule has 6 heteroatoms. The fourth-order valence-electron chi connectivity index (χ4n) is 2.50. The quantitative estimate of drug-likeness (QED) is 0.600. The molecule has 0 radical (unpaired) electrons. The lowest BCUT2D eigenvalue weighted by Crippen LogP contribution is -2.33. The van der Waals surface area contributed by atoms with Crippen molar-refractivity contribution in [3.63, 3.8) is 0 Å². The lowest BCUT2D eigenvalue weighted by Gasteiger charge is -2.16. The molecular weight excluding hydrogens is 274 g/mol. The van der Waals surface area contributed by atoms with E-state index in [4.69, 9.17) is 0 Å². The number of amides is 1. The van der Waals surface area contributed by atoms with E-state index in [1.165, 1.54) is 19.1 Å². The van der Waals surface area contributed by atoms with E-state index in [-0.39, 0.29) is 6.54 Å². The second-order valence-electron chi connectivity index (χ2n) is 4.83. The zero-order valence-electron chi connectivity index (χ0n) is 11.9. The molecule has 2 atom stereocenters. The highest BCUT2D eigenvalue weighted by Crippen LogP contribution is 2.28. The maximum atomic E-state index is 12.4. The van der Waals surface area contributed by atoms with Crippen molar-refractivity contribution in [1.82, 2.24) is 4.90 Å². The topological polar surface area (TPSA) is 72.9 Å². The first kappa shape index (κ1) is 15.0. The van der Waals surface area contributed by atoms with Gasteiger partial charge in [0.05, 0.1) is 20.1 Å². The molecule has 1 saturated heterocycles. The number of carbonyl (C=O) groups excluding carboxylic acids is 3. The molecule has 112 valence electrons. The number of rotatable bonds is 4. The first-order chi connectivity index (χ1) is 10.1. The predicted octanol–water partition coefficient (Wildman–Crippen LogP) is 0.607. The van der Waals surface area contributed by atoms with E-state index in [1.807, 2.05) is 30.3 Å². The Morgan fingerprint density at radius 2 is 1.76 bits per heavy atom. The number of ether oxygens (including phenoxy) is 2. The van der Waals surface area contributed by atoms with Gasteiger partial charge in [-0.3, -0.25) is 14.4 Å².